The van der Waals surface area contributed by atoms with Crippen LogP contribution in [-0.4, -0.2) is 18.3 Å². The SMILES string of the molecule is CC1(C)OB(C=C2CCC3(CCCC3)CC2)OC1(C)C. The molecule has 3 rings (SSSR count). The number of allylic oxidation sites excluding steroid dienone is 1. The van der Waals surface area contributed by atoms with Gasteiger partial charge in [0.05, 0.1) is 11.2 Å². The molecule has 2 saturated carbocycles. The molecule has 2 nitrogen and oxygen atoms in total. The van der Waals surface area contributed by atoms with Gasteiger partial charge in [0.15, 0.2) is 0 Å². The summed E-state index contributed by atoms with van der Waals surface area (Å²) in [5, 5.41) is 0. The lowest BCUT2D eigenvalue weighted by Crippen LogP contribution is -2.41. The average molecular weight is 276 g/mol. The Hall–Kier alpha value is -0.275. The zero-order chi connectivity index (χ0) is 14.4. The Morgan fingerprint density at radius 1 is 0.850 bits per heavy atom. The summed E-state index contributed by atoms with van der Waals surface area (Å²) in [7, 11) is -0.146. The van der Waals surface area contributed by atoms with Gasteiger partial charge in [-0.25, -0.2) is 0 Å². The molecular formula is C17H29BO2. The van der Waals surface area contributed by atoms with Crippen LogP contribution in [0.1, 0.15) is 79.1 Å². The Labute approximate surface area is 124 Å². The van der Waals surface area contributed by atoms with E-state index in [1.54, 1.807) is 5.57 Å². The monoisotopic (exact) mass is 276 g/mol. The topological polar surface area (TPSA) is 18.5 Å². The second-order valence-electron chi connectivity index (χ2n) is 8.16. The summed E-state index contributed by atoms with van der Waals surface area (Å²) in [5.41, 5.74) is 1.83. The highest BCUT2D eigenvalue weighted by Gasteiger charge is 2.50. The Balaban J connectivity index is 1.61. The van der Waals surface area contributed by atoms with Crippen LogP contribution >= 0.6 is 0 Å². The highest BCUT2D eigenvalue weighted by atomic mass is 16.7. The molecule has 3 fully saturated rings. The van der Waals surface area contributed by atoms with Crippen molar-refractivity contribution in [1.82, 2.24) is 0 Å². The molecule has 112 valence electrons. The van der Waals surface area contributed by atoms with Gasteiger partial charge < -0.3 is 9.31 Å². The third kappa shape index (κ3) is 2.59. The van der Waals surface area contributed by atoms with Crippen molar-refractivity contribution in [3.05, 3.63) is 11.5 Å². The second-order valence-corrected chi connectivity index (χ2v) is 8.16. The standard InChI is InChI=1S/C17H29BO2/c1-15(2)16(3,4)20-18(19-15)13-14-7-11-17(12-8-14)9-5-6-10-17/h13H,5-12H2,1-4H3. The molecule has 3 aliphatic rings. The summed E-state index contributed by atoms with van der Waals surface area (Å²) in [4.78, 5) is 0. The maximum Gasteiger partial charge on any atom is 0.487 e. The van der Waals surface area contributed by atoms with Crippen LogP contribution in [0.2, 0.25) is 0 Å². The Kier molecular flexibility index (Phi) is 3.57. The normalized spacial score (nSPS) is 31.0. The fraction of sp³-hybridized carbons (Fsp3) is 0.882. The van der Waals surface area contributed by atoms with Crippen molar-refractivity contribution in [1.29, 1.82) is 0 Å². The van der Waals surface area contributed by atoms with Crippen LogP contribution in [0.3, 0.4) is 0 Å². The molecule has 0 atom stereocenters. The molecule has 0 aromatic rings. The van der Waals surface area contributed by atoms with Gasteiger partial charge in [-0.2, -0.15) is 0 Å². The van der Waals surface area contributed by atoms with E-state index in [4.69, 9.17) is 9.31 Å². The summed E-state index contributed by atoms with van der Waals surface area (Å²) in [6, 6.07) is 0. The minimum atomic E-state index is -0.212. The molecule has 0 N–H and O–H groups in total. The van der Waals surface area contributed by atoms with E-state index in [0.29, 0.717) is 5.41 Å². The van der Waals surface area contributed by atoms with Gasteiger partial charge >= 0.3 is 7.12 Å². The first-order valence-electron chi connectivity index (χ1n) is 8.37. The molecule has 1 aliphatic heterocycles. The minimum Gasteiger partial charge on any atom is -0.400 e. The van der Waals surface area contributed by atoms with Gasteiger partial charge in [-0.1, -0.05) is 24.4 Å². The predicted octanol–water partition coefficient (Wildman–Crippen LogP) is 4.68. The largest absolute Gasteiger partial charge is 0.487 e. The number of rotatable bonds is 1. The Morgan fingerprint density at radius 2 is 1.35 bits per heavy atom. The Bertz CT molecular complexity index is 377. The molecule has 1 heterocycles. The van der Waals surface area contributed by atoms with Crippen molar-refractivity contribution in [2.75, 3.05) is 0 Å². The van der Waals surface area contributed by atoms with Gasteiger partial charge in [-0.3, -0.25) is 0 Å². The quantitative estimate of drug-likeness (QED) is 0.647. The van der Waals surface area contributed by atoms with Crippen molar-refractivity contribution in [3.63, 3.8) is 0 Å². The first kappa shape index (κ1) is 14.7. The zero-order valence-electron chi connectivity index (χ0n) is 13.6. The van der Waals surface area contributed by atoms with E-state index in [0.717, 1.165) is 0 Å². The highest BCUT2D eigenvalue weighted by molar-refractivity contribution is 6.51. The molecule has 1 saturated heterocycles. The molecule has 0 bridgehead atoms. The van der Waals surface area contributed by atoms with Crippen LogP contribution in [0.15, 0.2) is 11.5 Å². The second kappa shape index (κ2) is 4.88. The van der Waals surface area contributed by atoms with Gasteiger partial charge in [0, 0.05) is 0 Å². The lowest BCUT2D eigenvalue weighted by molar-refractivity contribution is 0.00578. The minimum absolute atomic E-state index is 0.146. The zero-order valence-corrected chi connectivity index (χ0v) is 13.6. The van der Waals surface area contributed by atoms with Crippen LogP contribution in [0.5, 0.6) is 0 Å². The molecule has 0 aromatic heterocycles. The lowest BCUT2D eigenvalue weighted by Gasteiger charge is -2.34. The third-order valence-corrected chi connectivity index (χ3v) is 6.26. The molecule has 2 aliphatic carbocycles. The third-order valence-electron chi connectivity index (χ3n) is 6.26. The first-order chi connectivity index (χ1) is 9.32. The molecule has 20 heavy (non-hydrogen) atoms. The van der Waals surface area contributed by atoms with E-state index in [9.17, 15) is 0 Å². The molecule has 1 spiro atoms. The summed E-state index contributed by atoms with van der Waals surface area (Å²) in [5.74, 6) is 2.26. The van der Waals surface area contributed by atoms with Crippen LogP contribution in [0.4, 0.5) is 0 Å². The van der Waals surface area contributed by atoms with E-state index in [2.05, 4.69) is 33.7 Å². The summed E-state index contributed by atoms with van der Waals surface area (Å²) >= 11 is 0. The van der Waals surface area contributed by atoms with Gasteiger partial charge in [0.1, 0.15) is 0 Å². The fourth-order valence-corrected chi connectivity index (χ4v) is 4.04. The maximum atomic E-state index is 6.09. The van der Waals surface area contributed by atoms with Gasteiger partial charge in [0.25, 0.3) is 0 Å². The summed E-state index contributed by atoms with van der Waals surface area (Å²) in [6.45, 7) is 8.50. The van der Waals surface area contributed by atoms with Crippen molar-refractivity contribution in [2.24, 2.45) is 5.41 Å². The average Bonchev–Trinajstić information content (AvgIpc) is 2.87. The van der Waals surface area contributed by atoms with Gasteiger partial charge in [-0.05, 0) is 71.6 Å². The van der Waals surface area contributed by atoms with Gasteiger partial charge in [-0.15, -0.1) is 0 Å². The van der Waals surface area contributed by atoms with Crippen LogP contribution in [-0.2, 0) is 9.31 Å². The fourth-order valence-electron chi connectivity index (χ4n) is 4.04. The van der Waals surface area contributed by atoms with Crippen LogP contribution in [0, 0.1) is 5.41 Å². The summed E-state index contributed by atoms with van der Waals surface area (Å²) in [6.07, 6.45) is 11.1. The molecule has 0 radical (unpaired) electrons. The Morgan fingerprint density at radius 3 is 1.85 bits per heavy atom. The van der Waals surface area contributed by atoms with E-state index >= 15 is 0 Å². The molecule has 0 aromatic carbocycles. The summed E-state index contributed by atoms with van der Waals surface area (Å²) < 4.78 is 12.2. The van der Waals surface area contributed by atoms with Crippen molar-refractivity contribution < 1.29 is 9.31 Å². The van der Waals surface area contributed by atoms with E-state index in [1.807, 2.05) is 0 Å². The number of hydrogen-bond donors (Lipinski definition) is 0. The lowest BCUT2D eigenvalue weighted by atomic mass is 9.69. The maximum absolute atomic E-state index is 6.09. The van der Waals surface area contributed by atoms with E-state index in [-0.39, 0.29) is 18.3 Å². The smallest absolute Gasteiger partial charge is 0.400 e. The first-order valence-corrected chi connectivity index (χ1v) is 8.37. The van der Waals surface area contributed by atoms with E-state index < -0.39 is 0 Å². The predicted molar refractivity (Wildman–Crippen MR) is 83.5 cm³/mol. The molecular weight excluding hydrogens is 247 g/mol. The van der Waals surface area contributed by atoms with Gasteiger partial charge in [0.2, 0.25) is 0 Å². The molecule has 3 heteroatoms. The van der Waals surface area contributed by atoms with Crippen molar-refractivity contribution in [3.8, 4) is 0 Å². The van der Waals surface area contributed by atoms with Crippen molar-refractivity contribution in [2.45, 2.75) is 90.3 Å². The van der Waals surface area contributed by atoms with E-state index in [1.165, 1.54) is 51.4 Å². The van der Waals surface area contributed by atoms with Crippen LogP contribution in [0.25, 0.3) is 0 Å². The number of hydrogen-bond acceptors (Lipinski definition) is 2. The van der Waals surface area contributed by atoms with Crippen LogP contribution < -0.4 is 0 Å². The molecule has 0 unspecified atom stereocenters. The highest BCUT2D eigenvalue weighted by Crippen LogP contribution is 2.50. The van der Waals surface area contributed by atoms with Crippen molar-refractivity contribution >= 4 is 7.12 Å². The molecule has 0 amide bonds.